The Morgan fingerprint density at radius 3 is 2.33 bits per heavy atom. The van der Waals surface area contributed by atoms with E-state index in [0.29, 0.717) is 48.3 Å². The van der Waals surface area contributed by atoms with Crippen LogP contribution in [0.2, 0.25) is 0 Å². The lowest BCUT2D eigenvalue weighted by Crippen LogP contribution is -2.61. The third-order valence-electron chi connectivity index (χ3n) is 8.75. The van der Waals surface area contributed by atoms with Gasteiger partial charge in [-0.05, 0) is 128 Å². The molecule has 0 saturated carbocycles. The number of carboxylic acid groups (broad SMARTS) is 1. The first-order chi connectivity index (χ1) is 22.2. The number of thioether (sulfide) groups is 1. The van der Waals surface area contributed by atoms with Crippen LogP contribution in [0.3, 0.4) is 0 Å². The number of carbonyl (C=O) groups is 2. The van der Waals surface area contributed by atoms with Crippen LogP contribution in [0.15, 0.2) is 85.5 Å². The highest BCUT2D eigenvalue weighted by molar-refractivity contribution is 7.98. The molecule has 3 aromatic carbocycles. The van der Waals surface area contributed by atoms with Crippen LogP contribution in [0.1, 0.15) is 40.7 Å². The number of hydrogen-bond donors (Lipinski definition) is 2. The van der Waals surface area contributed by atoms with Gasteiger partial charge in [0.15, 0.2) is 0 Å². The maximum absolute atomic E-state index is 14.2. The average Bonchev–Trinajstić information content (AvgIpc) is 3.57. The van der Waals surface area contributed by atoms with Crippen LogP contribution in [-0.2, 0) is 11.3 Å². The average molecular weight is 645 g/mol. The maximum atomic E-state index is 14.2. The predicted octanol–water partition coefficient (Wildman–Crippen LogP) is 6.72. The van der Waals surface area contributed by atoms with Crippen molar-refractivity contribution >= 4 is 35.3 Å². The number of likely N-dealkylation sites (tertiary alicyclic amines) is 1. The number of benzene rings is 3. The summed E-state index contributed by atoms with van der Waals surface area (Å²) < 4.78 is 29.7. The number of carboxylic acids is 1. The molecule has 0 radical (unpaired) electrons. The number of imidazole rings is 1. The molecule has 0 unspecified atom stereocenters. The van der Waals surface area contributed by atoms with Gasteiger partial charge < -0.3 is 19.9 Å². The molecule has 2 N–H and O–H groups in total. The second kappa shape index (κ2) is 14.9. The lowest BCUT2D eigenvalue weighted by molar-refractivity contribution is -0.148. The molecule has 4 aromatic rings. The third-order valence-corrected chi connectivity index (χ3v) is 9.36. The minimum Gasteiger partial charge on any atom is -0.479 e. The number of hydrogen-bond acceptors (Lipinski definition) is 5. The van der Waals surface area contributed by atoms with E-state index in [0.717, 1.165) is 29.8 Å². The highest BCUT2D eigenvalue weighted by Gasteiger charge is 2.47. The first-order valence-electron chi connectivity index (χ1n) is 15.2. The van der Waals surface area contributed by atoms with E-state index < -0.39 is 23.2 Å². The van der Waals surface area contributed by atoms with Crippen molar-refractivity contribution in [2.75, 3.05) is 32.1 Å². The monoisotopic (exact) mass is 644 g/mol. The minimum absolute atomic E-state index is 0.227. The summed E-state index contributed by atoms with van der Waals surface area (Å²) in [6, 6.07) is 17.5. The van der Waals surface area contributed by atoms with E-state index in [1.54, 1.807) is 60.7 Å². The number of piperidine rings is 1. The molecule has 1 aliphatic rings. The molecule has 0 aliphatic carbocycles. The Hall–Kier alpha value is -4.28. The van der Waals surface area contributed by atoms with E-state index in [4.69, 9.17) is 0 Å². The first-order valence-corrected chi connectivity index (χ1v) is 16.6. The summed E-state index contributed by atoms with van der Waals surface area (Å²) >= 11 is 1.55. The van der Waals surface area contributed by atoms with Crippen molar-refractivity contribution in [3.8, 4) is 11.1 Å². The summed E-state index contributed by atoms with van der Waals surface area (Å²) in [6.45, 7) is 1.98. The van der Waals surface area contributed by atoms with Gasteiger partial charge >= 0.3 is 5.97 Å². The van der Waals surface area contributed by atoms with Gasteiger partial charge in [-0.1, -0.05) is 30.3 Å². The molecule has 1 fully saturated rings. The Morgan fingerprint density at radius 2 is 1.72 bits per heavy atom. The lowest BCUT2D eigenvalue weighted by Gasteiger charge is -2.42. The number of allylic oxidation sites excluding steroid dienone is 1. The number of nitrogens with one attached hydrogen (secondary N) is 1. The van der Waals surface area contributed by atoms with Gasteiger partial charge in [-0.3, -0.25) is 4.79 Å². The fourth-order valence-electron chi connectivity index (χ4n) is 6.12. The molecule has 0 bridgehead atoms. The van der Waals surface area contributed by atoms with Crippen molar-refractivity contribution in [1.29, 1.82) is 0 Å². The van der Waals surface area contributed by atoms with Crippen LogP contribution >= 0.6 is 11.8 Å². The first kappa shape index (κ1) is 33.1. The van der Waals surface area contributed by atoms with Crippen molar-refractivity contribution in [2.24, 2.45) is 5.92 Å². The molecule has 1 aliphatic heterocycles. The summed E-state index contributed by atoms with van der Waals surface area (Å²) in [4.78, 5) is 33.5. The van der Waals surface area contributed by atoms with Crippen LogP contribution in [0.4, 0.5) is 8.78 Å². The quantitative estimate of drug-likeness (QED) is 0.167. The number of nitrogens with zero attached hydrogens (tertiary/aromatic N) is 3. The molecule has 240 valence electrons. The molecule has 1 amide bonds. The van der Waals surface area contributed by atoms with Gasteiger partial charge in [-0.15, -0.1) is 0 Å². The summed E-state index contributed by atoms with van der Waals surface area (Å²) in [5.74, 6) is -1.92. The van der Waals surface area contributed by atoms with Crippen molar-refractivity contribution in [3.05, 3.63) is 114 Å². The summed E-state index contributed by atoms with van der Waals surface area (Å²) in [6.07, 6.45) is 10.7. The zero-order chi connectivity index (χ0) is 32.7. The van der Waals surface area contributed by atoms with Crippen molar-refractivity contribution in [1.82, 2.24) is 19.8 Å². The van der Waals surface area contributed by atoms with E-state index >= 15 is 0 Å². The number of aliphatic carboxylic acids is 1. The van der Waals surface area contributed by atoms with Crippen molar-refractivity contribution < 1.29 is 23.5 Å². The Bertz CT molecular complexity index is 1670. The van der Waals surface area contributed by atoms with E-state index in [1.165, 1.54) is 24.3 Å². The summed E-state index contributed by atoms with van der Waals surface area (Å²) in [7, 11) is 2.01. The third kappa shape index (κ3) is 7.74. The van der Waals surface area contributed by atoms with Crippen LogP contribution in [0.5, 0.6) is 0 Å². The SMILES string of the molecule is CSCC[C@@](NC(=O)c1ccc(/C=C(/Cn2ccnc2)c2ccc(F)cc2)cc1-c1ccc(F)cc1)(C(=O)O)C1CCN(C)CC1. The Labute approximate surface area is 272 Å². The van der Waals surface area contributed by atoms with Gasteiger partial charge in [0.25, 0.3) is 5.91 Å². The van der Waals surface area contributed by atoms with Crippen LogP contribution in [-0.4, -0.2) is 69.1 Å². The minimum atomic E-state index is -1.43. The Kier molecular flexibility index (Phi) is 10.7. The van der Waals surface area contributed by atoms with Crippen LogP contribution in [0.25, 0.3) is 22.8 Å². The number of halogens is 2. The normalized spacial score (nSPS) is 15.8. The highest BCUT2D eigenvalue weighted by atomic mass is 32.2. The predicted molar refractivity (Wildman–Crippen MR) is 179 cm³/mol. The fraction of sp³-hybridized carbons (Fsp3) is 0.306. The molecule has 1 saturated heterocycles. The second-order valence-corrected chi connectivity index (χ2v) is 12.8. The number of rotatable bonds is 12. The van der Waals surface area contributed by atoms with Crippen LogP contribution < -0.4 is 5.32 Å². The van der Waals surface area contributed by atoms with Gasteiger partial charge in [0.2, 0.25) is 0 Å². The molecule has 46 heavy (non-hydrogen) atoms. The Balaban J connectivity index is 1.57. The van der Waals surface area contributed by atoms with Crippen molar-refractivity contribution in [2.45, 2.75) is 31.3 Å². The second-order valence-electron chi connectivity index (χ2n) is 11.8. The fourth-order valence-corrected chi connectivity index (χ4v) is 6.64. The molecular weight excluding hydrogens is 606 g/mol. The molecular formula is C36H38F2N4O3S. The van der Waals surface area contributed by atoms with Gasteiger partial charge in [-0.2, -0.15) is 11.8 Å². The molecule has 5 rings (SSSR count). The largest absolute Gasteiger partial charge is 0.479 e. The van der Waals surface area contributed by atoms with E-state index in [1.807, 2.05) is 36.2 Å². The topological polar surface area (TPSA) is 87.5 Å². The molecule has 2 heterocycles. The zero-order valence-corrected chi connectivity index (χ0v) is 26.8. The number of carbonyl (C=O) groups excluding carboxylic acids is 1. The lowest BCUT2D eigenvalue weighted by atomic mass is 9.75. The maximum Gasteiger partial charge on any atom is 0.329 e. The van der Waals surface area contributed by atoms with Crippen molar-refractivity contribution in [3.63, 3.8) is 0 Å². The smallest absolute Gasteiger partial charge is 0.329 e. The van der Waals surface area contributed by atoms with Crippen LogP contribution in [0, 0.1) is 17.6 Å². The molecule has 1 aromatic heterocycles. The Morgan fingerprint density at radius 1 is 1.04 bits per heavy atom. The van der Waals surface area contributed by atoms with Gasteiger partial charge in [0.1, 0.15) is 17.2 Å². The molecule has 0 spiro atoms. The number of amides is 1. The van der Waals surface area contributed by atoms with Gasteiger partial charge in [0, 0.05) is 24.5 Å². The molecule has 7 nitrogen and oxygen atoms in total. The van der Waals surface area contributed by atoms with E-state index in [-0.39, 0.29) is 11.7 Å². The molecule has 10 heteroatoms. The van der Waals surface area contributed by atoms with E-state index in [2.05, 4.69) is 15.2 Å². The zero-order valence-electron chi connectivity index (χ0n) is 26.0. The van der Waals surface area contributed by atoms with Gasteiger partial charge in [-0.25, -0.2) is 18.6 Å². The molecule has 1 atom stereocenters. The highest BCUT2D eigenvalue weighted by Crippen LogP contribution is 2.34. The summed E-state index contributed by atoms with van der Waals surface area (Å²) in [5.41, 5.74) is 2.48. The van der Waals surface area contributed by atoms with Gasteiger partial charge in [0.05, 0.1) is 6.33 Å². The standard InChI is InChI=1S/C36H38F2N4O3S/c1-41-17-13-29(14-18-41)36(35(44)45,15-20-46-2)40-34(43)32-12-3-25(22-33(32)27-6-10-31(38)11-7-27)21-28(23-42-19-16-39-24-42)26-4-8-30(37)9-5-26/h3-12,16,19,21-22,24,29H,13-15,17-18,20,23H2,1-2H3,(H,40,43)(H,44,45)/b28-21-/t36-/m0/s1. The number of aromatic nitrogens is 2. The summed E-state index contributed by atoms with van der Waals surface area (Å²) in [5, 5.41) is 13.6. The van der Waals surface area contributed by atoms with E-state index in [9.17, 15) is 23.5 Å².